The summed E-state index contributed by atoms with van der Waals surface area (Å²) in [5, 5.41) is 0. The fraction of sp³-hybridized carbons (Fsp3) is 0.143. The van der Waals surface area contributed by atoms with E-state index in [1.165, 1.54) is 48.3 Å². The van der Waals surface area contributed by atoms with Gasteiger partial charge in [-0.15, -0.1) is 0 Å². The van der Waals surface area contributed by atoms with Gasteiger partial charge in [0.2, 0.25) is 5.76 Å². The highest BCUT2D eigenvalue weighted by Crippen LogP contribution is 2.22. The second-order valence-corrected chi connectivity index (χ2v) is 6.09. The van der Waals surface area contributed by atoms with Crippen molar-refractivity contribution in [3.05, 3.63) is 83.6 Å². The van der Waals surface area contributed by atoms with Gasteiger partial charge in [0.15, 0.2) is 6.61 Å². The lowest BCUT2D eigenvalue weighted by Crippen LogP contribution is -2.31. The van der Waals surface area contributed by atoms with E-state index < -0.39 is 24.3 Å². The van der Waals surface area contributed by atoms with E-state index in [9.17, 15) is 18.4 Å². The zero-order chi connectivity index (χ0) is 20.1. The summed E-state index contributed by atoms with van der Waals surface area (Å²) in [6.45, 7) is -0.450. The van der Waals surface area contributed by atoms with Crippen LogP contribution in [0.1, 0.15) is 16.1 Å². The van der Waals surface area contributed by atoms with Crippen molar-refractivity contribution in [3.63, 3.8) is 0 Å². The van der Waals surface area contributed by atoms with Crippen LogP contribution < -0.4 is 0 Å². The summed E-state index contributed by atoms with van der Waals surface area (Å²) in [5.74, 6) is -1.79. The maximum Gasteiger partial charge on any atom is 0.374 e. The molecule has 0 bridgehead atoms. The second kappa shape index (κ2) is 8.47. The molecule has 144 valence electrons. The molecule has 1 amide bonds. The second-order valence-electron chi connectivity index (χ2n) is 6.09. The maximum atomic E-state index is 13.7. The zero-order valence-corrected chi connectivity index (χ0v) is 15.0. The van der Waals surface area contributed by atoms with Gasteiger partial charge in [-0.25, -0.2) is 13.6 Å². The van der Waals surface area contributed by atoms with Crippen LogP contribution in [0.4, 0.5) is 8.78 Å². The number of halogens is 2. The molecule has 0 fully saturated rings. The Labute approximate surface area is 160 Å². The number of nitrogens with zero attached hydrogens (tertiary/aromatic N) is 1. The Balaban J connectivity index is 1.55. The Morgan fingerprint density at radius 2 is 1.71 bits per heavy atom. The Morgan fingerprint density at radius 3 is 2.43 bits per heavy atom. The highest BCUT2D eigenvalue weighted by Gasteiger charge is 2.18. The molecule has 3 aromatic rings. The van der Waals surface area contributed by atoms with Crippen LogP contribution in [0.25, 0.3) is 11.3 Å². The van der Waals surface area contributed by atoms with Gasteiger partial charge in [0.05, 0.1) is 0 Å². The molecule has 0 radical (unpaired) electrons. The molecule has 2 aromatic carbocycles. The first-order valence-corrected chi connectivity index (χ1v) is 8.44. The summed E-state index contributed by atoms with van der Waals surface area (Å²) >= 11 is 0. The lowest BCUT2D eigenvalue weighted by molar-refractivity contribution is -0.133. The third-order valence-electron chi connectivity index (χ3n) is 4.05. The van der Waals surface area contributed by atoms with E-state index >= 15 is 0 Å². The summed E-state index contributed by atoms with van der Waals surface area (Å²) in [6, 6.07) is 14.7. The number of amides is 1. The number of esters is 1. The minimum Gasteiger partial charge on any atom is -0.450 e. The van der Waals surface area contributed by atoms with Crippen molar-refractivity contribution in [2.75, 3.05) is 13.7 Å². The van der Waals surface area contributed by atoms with Gasteiger partial charge in [-0.1, -0.05) is 18.2 Å². The van der Waals surface area contributed by atoms with Gasteiger partial charge in [-0.2, -0.15) is 0 Å². The molecule has 1 aromatic heterocycles. The summed E-state index contributed by atoms with van der Waals surface area (Å²) in [7, 11) is 1.49. The van der Waals surface area contributed by atoms with Gasteiger partial charge in [-0.3, -0.25) is 4.79 Å². The number of rotatable bonds is 6. The summed E-state index contributed by atoms with van der Waals surface area (Å²) in [4.78, 5) is 25.5. The van der Waals surface area contributed by atoms with E-state index in [2.05, 4.69) is 0 Å². The maximum absolute atomic E-state index is 13.7. The summed E-state index contributed by atoms with van der Waals surface area (Å²) < 4.78 is 37.0. The molecule has 0 N–H and O–H groups in total. The van der Waals surface area contributed by atoms with Crippen LogP contribution in [0.2, 0.25) is 0 Å². The quantitative estimate of drug-likeness (QED) is 0.601. The van der Waals surface area contributed by atoms with Crippen molar-refractivity contribution in [2.45, 2.75) is 6.54 Å². The molecule has 0 unspecified atom stereocenters. The Kier molecular flexibility index (Phi) is 5.84. The monoisotopic (exact) mass is 385 g/mol. The van der Waals surface area contributed by atoms with Crippen LogP contribution in [0.5, 0.6) is 0 Å². The van der Waals surface area contributed by atoms with Crippen LogP contribution in [0.15, 0.2) is 65.1 Å². The first kappa shape index (κ1) is 19.3. The highest BCUT2D eigenvalue weighted by molar-refractivity contribution is 5.89. The number of carbonyl (C=O) groups is 2. The third-order valence-corrected chi connectivity index (χ3v) is 4.05. The lowest BCUT2D eigenvalue weighted by atomic mass is 10.2. The molecule has 0 saturated heterocycles. The van der Waals surface area contributed by atoms with E-state index in [0.29, 0.717) is 16.9 Å². The first-order valence-electron chi connectivity index (χ1n) is 8.44. The molecule has 0 spiro atoms. The molecule has 1 heterocycles. The molecule has 5 nitrogen and oxygen atoms in total. The fourth-order valence-corrected chi connectivity index (χ4v) is 2.50. The normalized spacial score (nSPS) is 10.5. The smallest absolute Gasteiger partial charge is 0.374 e. The van der Waals surface area contributed by atoms with E-state index in [4.69, 9.17) is 9.15 Å². The number of carbonyl (C=O) groups excluding carboxylic acids is 2. The summed E-state index contributed by atoms with van der Waals surface area (Å²) in [5.41, 5.74) is 0.959. The number of furan rings is 1. The Bertz CT molecular complexity index is 982. The Hall–Kier alpha value is -3.48. The average Bonchev–Trinajstić information content (AvgIpc) is 3.18. The summed E-state index contributed by atoms with van der Waals surface area (Å²) in [6.07, 6.45) is 0. The van der Waals surface area contributed by atoms with E-state index in [1.54, 1.807) is 24.3 Å². The van der Waals surface area contributed by atoms with Crippen LogP contribution in [0.3, 0.4) is 0 Å². The standard InChI is InChI=1S/C21H17F2NO4/c1-24(12-15-4-2-3-5-17(15)23)20(25)13-27-21(26)19-11-10-18(28-19)14-6-8-16(22)9-7-14/h2-11H,12-13H2,1H3. The molecular weight excluding hydrogens is 368 g/mol. The highest BCUT2D eigenvalue weighted by atomic mass is 19.1. The van der Waals surface area contributed by atoms with Crippen molar-refractivity contribution in [1.29, 1.82) is 0 Å². The lowest BCUT2D eigenvalue weighted by Gasteiger charge is -2.17. The number of hydrogen-bond donors (Lipinski definition) is 0. The minimum absolute atomic E-state index is 0.0541. The van der Waals surface area contributed by atoms with Crippen molar-refractivity contribution < 1.29 is 27.5 Å². The molecule has 0 atom stereocenters. The molecule has 0 saturated carbocycles. The van der Waals surface area contributed by atoms with Crippen molar-refractivity contribution in [3.8, 4) is 11.3 Å². The molecule has 28 heavy (non-hydrogen) atoms. The average molecular weight is 385 g/mol. The van der Waals surface area contributed by atoms with Gasteiger partial charge >= 0.3 is 5.97 Å². The molecule has 0 aliphatic rings. The predicted octanol–water partition coefficient (Wildman–Crippen LogP) is 4.04. The molecule has 0 aliphatic heterocycles. The topological polar surface area (TPSA) is 59.8 Å². The molecule has 0 aliphatic carbocycles. The minimum atomic E-state index is -0.805. The van der Waals surface area contributed by atoms with Crippen LogP contribution in [-0.4, -0.2) is 30.4 Å². The van der Waals surface area contributed by atoms with Gasteiger partial charge in [-0.05, 0) is 42.5 Å². The van der Waals surface area contributed by atoms with Gasteiger partial charge in [0.1, 0.15) is 17.4 Å². The van der Waals surface area contributed by atoms with Crippen molar-refractivity contribution >= 4 is 11.9 Å². The number of hydrogen-bond acceptors (Lipinski definition) is 4. The third kappa shape index (κ3) is 4.62. The SMILES string of the molecule is CN(Cc1ccccc1F)C(=O)COC(=O)c1ccc(-c2ccc(F)cc2)o1. The first-order chi connectivity index (χ1) is 13.4. The van der Waals surface area contributed by atoms with Gasteiger partial charge in [0.25, 0.3) is 5.91 Å². The van der Waals surface area contributed by atoms with Crippen molar-refractivity contribution in [2.24, 2.45) is 0 Å². The number of likely N-dealkylation sites (N-methyl/N-ethyl adjacent to an activating group) is 1. The van der Waals surface area contributed by atoms with Gasteiger partial charge in [0, 0.05) is 24.7 Å². The van der Waals surface area contributed by atoms with E-state index in [0.717, 1.165) is 0 Å². The van der Waals surface area contributed by atoms with Gasteiger partial charge < -0.3 is 14.1 Å². The van der Waals surface area contributed by atoms with E-state index in [-0.39, 0.29) is 18.1 Å². The van der Waals surface area contributed by atoms with Crippen LogP contribution >= 0.6 is 0 Å². The fourth-order valence-electron chi connectivity index (χ4n) is 2.50. The Morgan fingerprint density at radius 1 is 1.00 bits per heavy atom. The predicted molar refractivity (Wildman–Crippen MR) is 97.3 cm³/mol. The largest absolute Gasteiger partial charge is 0.450 e. The van der Waals surface area contributed by atoms with Crippen LogP contribution in [-0.2, 0) is 16.1 Å². The number of ether oxygens (including phenoxy) is 1. The van der Waals surface area contributed by atoms with E-state index in [1.807, 2.05) is 0 Å². The van der Waals surface area contributed by atoms with Crippen LogP contribution in [0, 0.1) is 11.6 Å². The molecule has 7 heteroatoms. The van der Waals surface area contributed by atoms with Crippen molar-refractivity contribution in [1.82, 2.24) is 4.90 Å². The molecule has 3 rings (SSSR count). The zero-order valence-electron chi connectivity index (χ0n) is 15.0. The number of benzene rings is 2. The molecular formula is C21H17F2NO4.